The summed E-state index contributed by atoms with van der Waals surface area (Å²) < 4.78 is 0.941. The molecule has 18 heavy (non-hydrogen) atoms. The predicted octanol–water partition coefficient (Wildman–Crippen LogP) is 3.00. The van der Waals surface area contributed by atoms with E-state index in [4.69, 9.17) is 17.3 Å². The molecule has 0 heterocycles. The van der Waals surface area contributed by atoms with Crippen molar-refractivity contribution in [3.8, 4) is 0 Å². The van der Waals surface area contributed by atoms with Crippen molar-refractivity contribution in [3.63, 3.8) is 0 Å². The number of nitrogens with two attached hydrogens (primary N) is 1. The van der Waals surface area contributed by atoms with Gasteiger partial charge in [0, 0.05) is 22.7 Å². The number of amides is 1. The Kier molecular flexibility index (Phi) is 5.43. The smallest absolute Gasteiger partial charge is 0.253 e. The van der Waals surface area contributed by atoms with Gasteiger partial charge in [0.05, 0.1) is 5.02 Å². The highest BCUT2D eigenvalue weighted by Gasteiger charge is 2.22. The zero-order valence-electron chi connectivity index (χ0n) is 10.8. The Morgan fingerprint density at radius 1 is 1.50 bits per heavy atom. The van der Waals surface area contributed by atoms with E-state index in [0.717, 1.165) is 3.57 Å². The molecule has 1 amide bonds. The first kappa shape index (κ1) is 15.7. The molecule has 0 bridgehead atoms. The first-order chi connectivity index (χ1) is 8.26. The number of halogens is 2. The van der Waals surface area contributed by atoms with E-state index in [1.165, 1.54) is 0 Å². The minimum Gasteiger partial charge on any atom is -0.341 e. The van der Waals surface area contributed by atoms with Crippen LogP contribution in [-0.4, -0.2) is 30.9 Å². The van der Waals surface area contributed by atoms with Crippen LogP contribution in [0.25, 0.3) is 0 Å². The summed E-state index contributed by atoms with van der Waals surface area (Å²) in [5, 5.41) is 0.605. The van der Waals surface area contributed by atoms with Crippen LogP contribution < -0.4 is 5.73 Å². The molecule has 0 atom stereocenters. The summed E-state index contributed by atoms with van der Waals surface area (Å²) in [4.78, 5) is 13.9. The molecular weight excluding hydrogens is 363 g/mol. The quantitative estimate of drug-likeness (QED) is 0.816. The van der Waals surface area contributed by atoms with Crippen molar-refractivity contribution in [2.45, 2.75) is 13.8 Å². The lowest BCUT2D eigenvalue weighted by atomic mass is 9.93. The van der Waals surface area contributed by atoms with E-state index in [1.54, 1.807) is 24.1 Å². The lowest BCUT2D eigenvalue weighted by molar-refractivity contribution is 0.0740. The van der Waals surface area contributed by atoms with Gasteiger partial charge in [-0.1, -0.05) is 25.4 Å². The average Bonchev–Trinajstić information content (AvgIpc) is 2.31. The Balaban J connectivity index is 2.83. The highest BCUT2D eigenvalue weighted by Crippen LogP contribution is 2.21. The minimum atomic E-state index is -0.0859. The summed E-state index contributed by atoms with van der Waals surface area (Å²) in [6.45, 7) is 5.24. The third-order valence-electron chi connectivity index (χ3n) is 2.73. The molecule has 3 nitrogen and oxygen atoms in total. The van der Waals surface area contributed by atoms with Crippen LogP contribution in [0.4, 0.5) is 0 Å². The molecule has 0 aromatic heterocycles. The molecule has 2 N–H and O–H groups in total. The van der Waals surface area contributed by atoms with Gasteiger partial charge in [-0.2, -0.15) is 0 Å². The summed E-state index contributed by atoms with van der Waals surface area (Å²) in [5.74, 6) is -0.0326. The molecule has 0 spiro atoms. The molecule has 5 heteroatoms. The van der Waals surface area contributed by atoms with Crippen LogP contribution >= 0.6 is 34.2 Å². The molecule has 0 fully saturated rings. The van der Waals surface area contributed by atoms with Crippen molar-refractivity contribution in [2.24, 2.45) is 11.1 Å². The van der Waals surface area contributed by atoms with Crippen LogP contribution in [0.15, 0.2) is 18.2 Å². The zero-order chi connectivity index (χ0) is 13.9. The van der Waals surface area contributed by atoms with E-state index >= 15 is 0 Å². The molecule has 0 saturated carbocycles. The van der Waals surface area contributed by atoms with Gasteiger partial charge in [0.25, 0.3) is 5.91 Å². The molecule has 100 valence electrons. The molecule has 0 aliphatic carbocycles. The maximum Gasteiger partial charge on any atom is 0.253 e. The lowest BCUT2D eigenvalue weighted by Crippen LogP contribution is -2.39. The fourth-order valence-corrected chi connectivity index (χ4v) is 2.14. The molecular formula is C13H18ClIN2O. The first-order valence-electron chi connectivity index (χ1n) is 5.67. The molecule has 0 aliphatic rings. The maximum atomic E-state index is 12.2. The van der Waals surface area contributed by atoms with E-state index in [0.29, 0.717) is 23.7 Å². The summed E-state index contributed by atoms with van der Waals surface area (Å²) in [6, 6.07) is 5.34. The lowest BCUT2D eigenvalue weighted by Gasteiger charge is -2.29. The maximum absolute atomic E-state index is 12.2. The Hall–Kier alpha value is -0.330. The van der Waals surface area contributed by atoms with Gasteiger partial charge in [-0.3, -0.25) is 4.79 Å². The van der Waals surface area contributed by atoms with Gasteiger partial charge < -0.3 is 10.6 Å². The Labute approximate surface area is 127 Å². The summed E-state index contributed by atoms with van der Waals surface area (Å²) in [7, 11) is 1.78. The number of hydrogen-bond donors (Lipinski definition) is 1. The van der Waals surface area contributed by atoms with Gasteiger partial charge in [0.1, 0.15) is 0 Å². The summed E-state index contributed by atoms with van der Waals surface area (Å²) >= 11 is 8.16. The monoisotopic (exact) mass is 380 g/mol. The van der Waals surface area contributed by atoms with Crippen molar-refractivity contribution < 1.29 is 4.79 Å². The van der Waals surface area contributed by atoms with E-state index in [2.05, 4.69) is 22.6 Å². The molecule has 0 aliphatic heterocycles. The number of carbonyl (C=O) groups excluding carboxylic acids is 1. The molecule has 0 unspecified atom stereocenters. The largest absolute Gasteiger partial charge is 0.341 e. The van der Waals surface area contributed by atoms with Crippen LogP contribution in [0.2, 0.25) is 5.02 Å². The van der Waals surface area contributed by atoms with E-state index in [-0.39, 0.29) is 11.3 Å². The van der Waals surface area contributed by atoms with Crippen LogP contribution in [-0.2, 0) is 0 Å². The highest BCUT2D eigenvalue weighted by atomic mass is 127. The highest BCUT2D eigenvalue weighted by molar-refractivity contribution is 14.1. The van der Waals surface area contributed by atoms with Gasteiger partial charge >= 0.3 is 0 Å². The van der Waals surface area contributed by atoms with Crippen molar-refractivity contribution in [3.05, 3.63) is 32.4 Å². The van der Waals surface area contributed by atoms with Gasteiger partial charge in [0.15, 0.2) is 0 Å². The van der Waals surface area contributed by atoms with Crippen molar-refractivity contribution in [2.75, 3.05) is 20.1 Å². The van der Waals surface area contributed by atoms with Gasteiger partial charge in [0.2, 0.25) is 0 Å². The molecule has 1 rings (SSSR count). The normalized spacial score (nSPS) is 11.4. The fourth-order valence-electron chi connectivity index (χ4n) is 1.63. The Morgan fingerprint density at radius 2 is 2.11 bits per heavy atom. The third-order valence-corrected chi connectivity index (χ3v) is 4.30. The van der Waals surface area contributed by atoms with E-state index in [1.807, 2.05) is 19.9 Å². The van der Waals surface area contributed by atoms with E-state index in [9.17, 15) is 4.79 Å². The summed E-state index contributed by atoms with van der Waals surface area (Å²) in [5.41, 5.74) is 6.20. The molecule has 1 aromatic carbocycles. The Bertz CT molecular complexity index is 449. The van der Waals surface area contributed by atoms with Gasteiger partial charge in [-0.25, -0.2) is 0 Å². The number of rotatable bonds is 4. The number of nitrogens with zero attached hydrogens (tertiary/aromatic N) is 1. The number of benzene rings is 1. The van der Waals surface area contributed by atoms with Crippen LogP contribution in [0.3, 0.4) is 0 Å². The van der Waals surface area contributed by atoms with Crippen molar-refractivity contribution in [1.82, 2.24) is 4.90 Å². The van der Waals surface area contributed by atoms with Crippen molar-refractivity contribution >= 4 is 40.1 Å². The fraction of sp³-hybridized carbons (Fsp3) is 0.462. The topological polar surface area (TPSA) is 46.3 Å². The minimum absolute atomic E-state index is 0.0326. The standard InChI is InChI=1S/C13H18ClIN2O/c1-13(2,7-16)8-17(3)12(18)9-4-5-11(15)10(14)6-9/h4-6H,7-8,16H2,1-3H3. The molecule has 0 radical (unpaired) electrons. The Morgan fingerprint density at radius 3 is 2.61 bits per heavy atom. The second-order valence-corrected chi connectivity index (χ2v) is 6.73. The van der Waals surface area contributed by atoms with E-state index < -0.39 is 0 Å². The third kappa shape index (κ3) is 4.10. The van der Waals surface area contributed by atoms with Crippen molar-refractivity contribution in [1.29, 1.82) is 0 Å². The molecule has 0 saturated heterocycles. The first-order valence-corrected chi connectivity index (χ1v) is 7.13. The average molecular weight is 381 g/mol. The van der Waals surface area contributed by atoms with Crippen LogP contribution in [0.5, 0.6) is 0 Å². The van der Waals surface area contributed by atoms with Gasteiger partial charge in [-0.15, -0.1) is 0 Å². The second-order valence-electron chi connectivity index (χ2n) is 5.16. The van der Waals surface area contributed by atoms with Gasteiger partial charge in [-0.05, 0) is 52.7 Å². The zero-order valence-corrected chi connectivity index (χ0v) is 13.7. The second kappa shape index (κ2) is 6.21. The number of hydrogen-bond acceptors (Lipinski definition) is 2. The summed E-state index contributed by atoms with van der Waals surface area (Å²) in [6.07, 6.45) is 0. The van der Waals surface area contributed by atoms with Crippen LogP contribution in [0.1, 0.15) is 24.2 Å². The predicted molar refractivity (Wildman–Crippen MR) is 84.0 cm³/mol. The molecule has 1 aromatic rings. The SMILES string of the molecule is CN(CC(C)(C)CN)C(=O)c1ccc(I)c(Cl)c1. The van der Waals surface area contributed by atoms with Crippen LogP contribution in [0, 0.1) is 8.99 Å². The number of carbonyl (C=O) groups is 1.